The fraction of sp³-hybridized carbons (Fsp3) is 0.500. The van der Waals surface area contributed by atoms with Gasteiger partial charge in [-0.1, -0.05) is 0 Å². The van der Waals surface area contributed by atoms with Gasteiger partial charge in [-0.2, -0.15) is 5.10 Å². The fourth-order valence-corrected chi connectivity index (χ4v) is 3.46. The summed E-state index contributed by atoms with van der Waals surface area (Å²) >= 11 is 1.62. The van der Waals surface area contributed by atoms with Crippen molar-refractivity contribution in [2.45, 2.75) is 19.4 Å². The molecule has 2 aromatic heterocycles. The van der Waals surface area contributed by atoms with E-state index < -0.39 is 0 Å². The van der Waals surface area contributed by atoms with Crippen LogP contribution in [0.4, 0.5) is 0 Å². The van der Waals surface area contributed by atoms with Gasteiger partial charge in [0.25, 0.3) is 0 Å². The van der Waals surface area contributed by atoms with Gasteiger partial charge in [-0.25, -0.2) is 4.98 Å². The summed E-state index contributed by atoms with van der Waals surface area (Å²) in [6, 6.07) is 0. The van der Waals surface area contributed by atoms with Crippen LogP contribution in [0.15, 0.2) is 18.6 Å². The first-order valence-corrected chi connectivity index (χ1v) is 7.83. The highest BCUT2D eigenvalue weighted by molar-refractivity contribution is 7.11. The Kier molecular flexibility index (Phi) is 4.03. The molecule has 0 aromatic carbocycles. The number of aromatic nitrogens is 3. The Hall–Kier alpha value is -1.73. The van der Waals surface area contributed by atoms with Crippen LogP contribution in [0.1, 0.15) is 21.4 Å². The van der Waals surface area contributed by atoms with Crippen molar-refractivity contribution >= 4 is 17.2 Å². The smallest absolute Gasteiger partial charge is 0.225 e. The first-order chi connectivity index (χ1) is 10.1. The number of carbonyl (C=O) groups excluding carboxylic acids is 1. The lowest BCUT2D eigenvalue weighted by Gasteiger charge is -2.16. The van der Waals surface area contributed by atoms with E-state index in [1.807, 2.05) is 32.6 Å². The number of hydrogen-bond acceptors (Lipinski definition) is 5. The van der Waals surface area contributed by atoms with Crippen molar-refractivity contribution in [1.82, 2.24) is 25.4 Å². The first-order valence-electron chi connectivity index (χ1n) is 7.02. The lowest BCUT2D eigenvalue weighted by atomic mass is 9.90. The quantitative estimate of drug-likeness (QED) is 0.876. The molecule has 0 bridgehead atoms. The van der Waals surface area contributed by atoms with E-state index in [2.05, 4.69) is 20.7 Å². The van der Waals surface area contributed by atoms with Gasteiger partial charge in [0.05, 0.1) is 23.7 Å². The second-order valence-electron chi connectivity index (χ2n) is 5.38. The van der Waals surface area contributed by atoms with Gasteiger partial charge >= 0.3 is 0 Å². The average Bonchev–Trinajstić information content (AvgIpc) is 3.16. The van der Waals surface area contributed by atoms with E-state index in [1.54, 1.807) is 16.0 Å². The minimum atomic E-state index is -0.0387. The molecule has 0 saturated carbocycles. The van der Waals surface area contributed by atoms with Crippen LogP contribution >= 0.6 is 11.3 Å². The van der Waals surface area contributed by atoms with E-state index in [9.17, 15) is 4.79 Å². The van der Waals surface area contributed by atoms with Crippen LogP contribution < -0.4 is 10.6 Å². The molecule has 6 nitrogen and oxygen atoms in total. The van der Waals surface area contributed by atoms with Gasteiger partial charge < -0.3 is 10.6 Å². The Bertz CT molecular complexity index is 635. The minimum absolute atomic E-state index is 0.0387. The first kappa shape index (κ1) is 14.2. The fourth-order valence-electron chi connectivity index (χ4n) is 2.73. The molecule has 0 radical (unpaired) electrons. The number of nitrogens with zero attached hydrogens (tertiary/aromatic N) is 3. The third kappa shape index (κ3) is 3.14. The highest BCUT2D eigenvalue weighted by Crippen LogP contribution is 2.28. The Balaban J connectivity index is 1.63. The summed E-state index contributed by atoms with van der Waals surface area (Å²) in [6.07, 6.45) is 5.67. The summed E-state index contributed by atoms with van der Waals surface area (Å²) in [7, 11) is 1.90. The summed E-state index contributed by atoms with van der Waals surface area (Å²) in [5.74, 6) is 0.255. The monoisotopic (exact) mass is 305 g/mol. The second-order valence-corrected chi connectivity index (χ2v) is 6.70. The zero-order valence-corrected chi connectivity index (χ0v) is 13.0. The summed E-state index contributed by atoms with van der Waals surface area (Å²) < 4.78 is 1.78. The molecule has 1 aliphatic heterocycles. The van der Waals surface area contributed by atoms with Crippen molar-refractivity contribution < 1.29 is 4.79 Å². The SMILES string of the molecule is Cc1ncc(CNC(=O)[C@H]2CNC[C@@H]2c2cnn(C)c2)s1. The maximum Gasteiger partial charge on any atom is 0.225 e. The molecule has 0 aliphatic carbocycles. The van der Waals surface area contributed by atoms with E-state index in [0.29, 0.717) is 13.1 Å². The Labute approximate surface area is 127 Å². The summed E-state index contributed by atoms with van der Waals surface area (Å²) in [5.41, 5.74) is 1.12. The highest BCUT2D eigenvalue weighted by Gasteiger charge is 2.34. The van der Waals surface area contributed by atoms with E-state index in [1.165, 1.54) is 0 Å². The zero-order chi connectivity index (χ0) is 14.8. The number of rotatable bonds is 4. The number of aryl methyl sites for hydroxylation is 2. The van der Waals surface area contributed by atoms with Crippen molar-refractivity contribution in [1.29, 1.82) is 0 Å². The molecule has 0 spiro atoms. The summed E-state index contributed by atoms with van der Waals surface area (Å²) in [6.45, 7) is 4.06. The molecular formula is C14H19N5OS. The number of nitrogens with one attached hydrogen (secondary N) is 2. The number of carbonyl (C=O) groups is 1. The normalized spacial score (nSPS) is 21.6. The van der Waals surface area contributed by atoms with Gasteiger partial charge in [0.2, 0.25) is 5.91 Å². The van der Waals surface area contributed by atoms with Gasteiger partial charge in [0.1, 0.15) is 0 Å². The van der Waals surface area contributed by atoms with E-state index in [-0.39, 0.29) is 17.7 Å². The van der Waals surface area contributed by atoms with E-state index in [4.69, 9.17) is 0 Å². The maximum atomic E-state index is 12.4. The lowest BCUT2D eigenvalue weighted by molar-refractivity contribution is -0.124. The molecule has 2 atom stereocenters. The Morgan fingerprint density at radius 3 is 3.05 bits per heavy atom. The predicted molar refractivity (Wildman–Crippen MR) is 81.0 cm³/mol. The van der Waals surface area contributed by atoms with Gasteiger partial charge in [0.15, 0.2) is 0 Å². The Morgan fingerprint density at radius 1 is 1.52 bits per heavy atom. The number of hydrogen-bond donors (Lipinski definition) is 2. The third-order valence-corrected chi connectivity index (χ3v) is 4.72. The van der Waals surface area contributed by atoms with Crippen molar-refractivity contribution in [3.63, 3.8) is 0 Å². The van der Waals surface area contributed by atoms with Crippen LogP contribution in [0.3, 0.4) is 0 Å². The van der Waals surface area contributed by atoms with Crippen molar-refractivity contribution in [2.75, 3.05) is 13.1 Å². The molecule has 2 N–H and O–H groups in total. The maximum absolute atomic E-state index is 12.4. The molecule has 2 aromatic rings. The summed E-state index contributed by atoms with van der Waals surface area (Å²) in [4.78, 5) is 17.7. The Morgan fingerprint density at radius 2 is 2.38 bits per heavy atom. The molecule has 3 rings (SSSR count). The molecular weight excluding hydrogens is 286 g/mol. The van der Waals surface area contributed by atoms with Crippen molar-refractivity contribution in [2.24, 2.45) is 13.0 Å². The van der Waals surface area contributed by atoms with Crippen LogP contribution in [0.25, 0.3) is 0 Å². The number of thiazole rings is 1. The van der Waals surface area contributed by atoms with Crippen LogP contribution in [-0.4, -0.2) is 33.8 Å². The third-order valence-electron chi connectivity index (χ3n) is 3.81. The standard InChI is InChI=1S/C14H19N5OS/c1-9-16-4-11(21-9)5-17-14(20)13-7-15-6-12(13)10-3-18-19(2)8-10/h3-4,8,12-13,15H,5-7H2,1-2H3,(H,17,20)/t12-,13+/m1/s1. The molecule has 0 unspecified atom stereocenters. The van der Waals surface area contributed by atoms with E-state index >= 15 is 0 Å². The van der Waals surface area contributed by atoms with Crippen molar-refractivity contribution in [3.05, 3.63) is 34.0 Å². The predicted octanol–water partition coefficient (Wildman–Crippen LogP) is 0.804. The highest BCUT2D eigenvalue weighted by atomic mass is 32.1. The molecule has 3 heterocycles. The molecule has 1 fully saturated rings. The molecule has 21 heavy (non-hydrogen) atoms. The van der Waals surface area contributed by atoms with Gasteiger partial charge in [-0.05, 0) is 12.5 Å². The molecule has 7 heteroatoms. The molecule has 1 amide bonds. The average molecular weight is 305 g/mol. The molecule has 1 aliphatic rings. The second kappa shape index (κ2) is 5.95. The molecule has 1 saturated heterocycles. The van der Waals surface area contributed by atoms with Crippen LogP contribution in [-0.2, 0) is 18.4 Å². The topological polar surface area (TPSA) is 71.8 Å². The van der Waals surface area contributed by atoms with Crippen molar-refractivity contribution in [3.8, 4) is 0 Å². The van der Waals surface area contributed by atoms with Gasteiger partial charge in [-0.15, -0.1) is 11.3 Å². The van der Waals surface area contributed by atoms with E-state index in [0.717, 1.165) is 22.0 Å². The van der Waals surface area contributed by atoms with Crippen LogP contribution in [0.5, 0.6) is 0 Å². The zero-order valence-electron chi connectivity index (χ0n) is 12.2. The van der Waals surface area contributed by atoms with Gasteiger partial charge in [0, 0.05) is 43.3 Å². The number of amides is 1. The van der Waals surface area contributed by atoms with Crippen LogP contribution in [0, 0.1) is 12.8 Å². The van der Waals surface area contributed by atoms with Gasteiger partial charge in [-0.3, -0.25) is 9.48 Å². The molecule has 112 valence electrons. The largest absolute Gasteiger partial charge is 0.351 e. The van der Waals surface area contributed by atoms with Crippen LogP contribution in [0.2, 0.25) is 0 Å². The summed E-state index contributed by atoms with van der Waals surface area (Å²) in [5, 5.41) is 11.6. The lowest BCUT2D eigenvalue weighted by Crippen LogP contribution is -2.33. The minimum Gasteiger partial charge on any atom is -0.351 e.